The van der Waals surface area contributed by atoms with Crippen molar-refractivity contribution in [3.63, 3.8) is 0 Å². The van der Waals surface area contributed by atoms with Gasteiger partial charge in [-0.3, -0.25) is 4.79 Å². The average Bonchev–Trinajstić information content (AvgIpc) is 2.64. The molecule has 1 aromatic rings. The van der Waals surface area contributed by atoms with E-state index < -0.39 is 5.97 Å². The Bertz CT molecular complexity index is 401. The molecule has 2 rings (SSSR count). The molecule has 0 aliphatic heterocycles. The van der Waals surface area contributed by atoms with E-state index in [1.807, 2.05) is 0 Å². The number of halogens is 1. The van der Waals surface area contributed by atoms with Crippen LogP contribution in [0, 0.1) is 0 Å². The number of carboxylic acids is 1. The fourth-order valence-electron chi connectivity index (χ4n) is 2.40. The van der Waals surface area contributed by atoms with E-state index in [-0.39, 0.29) is 18.8 Å². The number of nitrogens with zero attached hydrogens (tertiary/aromatic N) is 2. The summed E-state index contributed by atoms with van der Waals surface area (Å²) in [5, 5.41) is 8.75. The van der Waals surface area contributed by atoms with Gasteiger partial charge in [0.15, 0.2) is 0 Å². The maximum absolute atomic E-state index is 10.6. The van der Waals surface area contributed by atoms with Crippen LogP contribution in [-0.4, -0.2) is 20.6 Å². The number of hydrogen-bond acceptors (Lipinski definition) is 2. The van der Waals surface area contributed by atoms with Crippen LogP contribution in [0.1, 0.15) is 43.4 Å². The van der Waals surface area contributed by atoms with Crippen molar-refractivity contribution in [2.75, 3.05) is 0 Å². The van der Waals surface area contributed by atoms with Crippen LogP contribution in [0.25, 0.3) is 0 Å². The minimum Gasteiger partial charge on any atom is -0.481 e. The third kappa shape index (κ3) is 3.00. The van der Waals surface area contributed by atoms with Crippen molar-refractivity contribution in [1.82, 2.24) is 9.55 Å². The summed E-state index contributed by atoms with van der Waals surface area (Å²) in [7, 11) is 0. The third-order valence-corrected chi connectivity index (χ3v) is 3.18. The molecule has 96 valence electrons. The van der Waals surface area contributed by atoms with Gasteiger partial charge in [-0.15, -0.1) is 12.4 Å². The second-order valence-corrected chi connectivity index (χ2v) is 4.28. The van der Waals surface area contributed by atoms with E-state index in [1.165, 1.54) is 24.2 Å². The minimum absolute atomic E-state index is 0. The van der Waals surface area contributed by atoms with Crippen molar-refractivity contribution in [3.8, 4) is 0 Å². The largest absolute Gasteiger partial charge is 0.481 e. The molecule has 0 amide bonds. The molecule has 1 heterocycles. The highest BCUT2D eigenvalue weighted by molar-refractivity contribution is 5.85. The molecule has 0 bridgehead atoms. The summed E-state index contributed by atoms with van der Waals surface area (Å²) < 4.78 is 2.13. The molecule has 0 radical (unpaired) electrons. The van der Waals surface area contributed by atoms with E-state index in [9.17, 15) is 4.79 Å². The van der Waals surface area contributed by atoms with Crippen LogP contribution in [0.5, 0.6) is 0 Å². The molecule has 1 aliphatic carbocycles. The normalized spacial score (nSPS) is 13.9. The van der Waals surface area contributed by atoms with Gasteiger partial charge in [0.1, 0.15) is 5.82 Å². The Balaban J connectivity index is 0.00000144. The van der Waals surface area contributed by atoms with Crippen molar-refractivity contribution >= 4 is 18.4 Å². The Morgan fingerprint density at radius 1 is 1.41 bits per heavy atom. The first-order valence-corrected chi connectivity index (χ1v) is 6.01. The molecule has 0 aromatic carbocycles. The lowest BCUT2D eigenvalue weighted by atomic mass is 10.0. The van der Waals surface area contributed by atoms with Crippen molar-refractivity contribution in [2.45, 2.75) is 52.0 Å². The Kier molecular flexibility index (Phi) is 5.00. The number of carbonyl (C=O) groups is 1. The molecule has 0 saturated heterocycles. The molecule has 0 unspecified atom stereocenters. The number of fused-ring (bicyclic) bond motifs is 1. The van der Waals surface area contributed by atoms with Gasteiger partial charge in [0.25, 0.3) is 0 Å². The van der Waals surface area contributed by atoms with Gasteiger partial charge in [-0.25, -0.2) is 4.98 Å². The van der Waals surface area contributed by atoms with Gasteiger partial charge in [0.05, 0.1) is 12.1 Å². The lowest BCUT2D eigenvalue weighted by Gasteiger charge is -2.14. The fourth-order valence-corrected chi connectivity index (χ4v) is 2.40. The van der Waals surface area contributed by atoms with Gasteiger partial charge in [0.2, 0.25) is 0 Å². The van der Waals surface area contributed by atoms with E-state index in [1.54, 1.807) is 0 Å². The molecule has 5 heteroatoms. The lowest BCUT2D eigenvalue weighted by Crippen LogP contribution is -2.12. The molecule has 0 atom stereocenters. The molecule has 17 heavy (non-hydrogen) atoms. The molecule has 1 aliphatic rings. The maximum atomic E-state index is 10.6. The van der Waals surface area contributed by atoms with Crippen LogP contribution in [0.3, 0.4) is 0 Å². The van der Waals surface area contributed by atoms with Gasteiger partial charge < -0.3 is 9.67 Å². The predicted molar refractivity (Wildman–Crippen MR) is 67.7 cm³/mol. The molecular weight excluding hydrogens is 240 g/mol. The SMILES string of the molecule is CCc1nc2c(n1CCC(=O)O)CCCC2.Cl. The first-order valence-electron chi connectivity index (χ1n) is 6.01. The zero-order valence-electron chi connectivity index (χ0n) is 10.1. The summed E-state index contributed by atoms with van der Waals surface area (Å²) in [5.74, 6) is 0.313. The second kappa shape index (κ2) is 6.05. The van der Waals surface area contributed by atoms with Crippen LogP contribution in [0.4, 0.5) is 0 Å². The smallest absolute Gasteiger partial charge is 0.305 e. The van der Waals surface area contributed by atoms with Crippen molar-refractivity contribution in [1.29, 1.82) is 0 Å². The summed E-state index contributed by atoms with van der Waals surface area (Å²) in [6, 6.07) is 0. The number of imidazole rings is 1. The molecular formula is C12H19ClN2O2. The Hall–Kier alpha value is -1.03. The Morgan fingerprint density at radius 3 is 2.76 bits per heavy atom. The van der Waals surface area contributed by atoms with Crippen molar-refractivity contribution < 1.29 is 9.90 Å². The van der Waals surface area contributed by atoms with Crippen LogP contribution in [0.2, 0.25) is 0 Å². The van der Waals surface area contributed by atoms with E-state index in [0.717, 1.165) is 25.1 Å². The standard InChI is InChI=1S/C12H18N2O2.ClH/c1-2-11-13-9-5-3-4-6-10(9)14(11)8-7-12(15)16;/h2-8H2,1H3,(H,15,16);1H. The highest BCUT2D eigenvalue weighted by atomic mass is 35.5. The molecule has 0 fully saturated rings. The Morgan fingerprint density at radius 2 is 2.12 bits per heavy atom. The highest BCUT2D eigenvalue weighted by Gasteiger charge is 2.19. The molecule has 1 aromatic heterocycles. The van der Waals surface area contributed by atoms with Crippen molar-refractivity contribution in [3.05, 3.63) is 17.2 Å². The molecule has 4 nitrogen and oxygen atoms in total. The zero-order chi connectivity index (χ0) is 11.5. The average molecular weight is 259 g/mol. The van der Waals surface area contributed by atoms with Gasteiger partial charge in [0, 0.05) is 18.7 Å². The predicted octanol–water partition coefficient (Wildman–Crippen LogP) is 2.22. The summed E-state index contributed by atoms with van der Waals surface area (Å²) in [5.41, 5.74) is 2.48. The summed E-state index contributed by atoms with van der Waals surface area (Å²) >= 11 is 0. The number of hydrogen-bond donors (Lipinski definition) is 1. The summed E-state index contributed by atoms with van der Waals surface area (Å²) in [6.45, 7) is 2.64. The summed E-state index contributed by atoms with van der Waals surface area (Å²) in [4.78, 5) is 15.2. The summed E-state index contributed by atoms with van der Waals surface area (Å²) in [6.07, 6.45) is 5.60. The van der Waals surface area contributed by atoms with Gasteiger partial charge in [-0.1, -0.05) is 6.92 Å². The van der Waals surface area contributed by atoms with Gasteiger partial charge in [-0.2, -0.15) is 0 Å². The number of aliphatic carboxylic acids is 1. The first-order chi connectivity index (χ1) is 7.72. The second-order valence-electron chi connectivity index (χ2n) is 4.28. The van der Waals surface area contributed by atoms with Gasteiger partial charge >= 0.3 is 5.97 Å². The minimum atomic E-state index is -0.736. The lowest BCUT2D eigenvalue weighted by molar-refractivity contribution is -0.137. The zero-order valence-corrected chi connectivity index (χ0v) is 10.9. The van der Waals surface area contributed by atoms with Crippen LogP contribution >= 0.6 is 12.4 Å². The monoisotopic (exact) mass is 258 g/mol. The van der Waals surface area contributed by atoms with E-state index >= 15 is 0 Å². The number of carboxylic acid groups (broad SMARTS) is 1. The van der Waals surface area contributed by atoms with Crippen LogP contribution in [0.15, 0.2) is 0 Å². The quantitative estimate of drug-likeness (QED) is 0.901. The van der Waals surface area contributed by atoms with E-state index in [4.69, 9.17) is 5.11 Å². The topological polar surface area (TPSA) is 55.1 Å². The van der Waals surface area contributed by atoms with Crippen molar-refractivity contribution in [2.24, 2.45) is 0 Å². The Labute approximate surface area is 107 Å². The molecule has 0 spiro atoms. The maximum Gasteiger partial charge on any atom is 0.305 e. The number of rotatable bonds is 4. The van der Waals surface area contributed by atoms with Gasteiger partial charge in [-0.05, 0) is 25.7 Å². The van der Waals surface area contributed by atoms with Crippen LogP contribution < -0.4 is 0 Å². The molecule has 0 saturated carbocycles. The third-order valence-electron chi connectivity index (χ3n) is 3.18. The number of aromatic nitrogens is 2. The molecule has 1 N–H and O–H groups in total. The fraction of sp³-hybridized carbons (Fsp3) is 0.667. The number of aryl methyl sites for hydroxylation is 2. The highest BCUT2D eigenvalue weighted by Crippen LogP contribution is 2.22. The van der Waals surface area contributed by atoms with E-state index in [2.05, 4.69) is 16.5 Å². The van der Waals surface area contributed by atoms with E-state index in [0.29, 0.717) is 6.54 Å². The first kappa shape index (κ1) is 14.0. The van der Waals surface area contributed by atoms with Crippen LogP contribution in [-0.2, 0) is 30.6 Å².